The van der Waals surface area contributed by atoms with Crippen molar-refractivity contribution in [1.29, 1.82) is 0 Å². The molecular formula is C120H190. The lowest BCUT2D eigenvalue weighted by Gasteiger charge is -2.35. The van der Waals surface area contributed by atoms with E-state index in [-0.39, 0.29) is 0 Å². The standard InChI is InChI=1S/C26H42.C25H40.C24H38.C23H36.C22H34/c1-3-5-6-8-23-19-24(20-23)10-9-22-13-17-26(18-14-22)25-15-11-21(7-4-2)12-16-25;1-3-5-7-22-18-23(19-22)9-8-21-12-16-25(17-13-21)24-14-10-20(6-4-2)11-15-24;1-3-5-19-9-13-23(14-10-19)24-15-11-20(12-16-24)7-8-22-17-21(18-22)6-4-2;1-3-5-19-8-12-22(13-9-19)23-14-10-20(11-15-23)6-7-21-16-18(4-2)17-21;1-3-4-18-7-11-21(12-8-18)22-13-9-19(10-14-22)5-6-20-15-17(2)16-20/h13-14,17-18,21,23-25H,3-12,15-16,19-20H2,1-2H3;12-13,16-17,20,22-24H,3-11,14-15,18-19H2,1-2H3;11-12,15-16,19,21-23H,3-10,13-14,17-18H2,1-2H3;10-11,14-15,18-19,21-22H,3-9,12-13,16-17H2,1-2H3;9-10,13-14,17-18,20-21H,3-8,11-12,15-16H2,1-2H3. The van der Waals surface area contributed by atoms with Gasteiger partial charge in [0.05, 0.1) is 0 Å². The van der Waals surface area contributed by atoms with E-state index in [2.05, 4.69) is 191 Å². The van der Waals surface area contributed by atoms with Crippen molar-refractivity contribution < 1.29 is 0 Å². The number of hydrogen-bond acceptors (Lipinski definition) is 0. The zero-order valence-corrected chi connectivity index (χ0v) is 80.5. The van der Waals surface area contributed by atoms with E-state index in [0.717, 1.165) is 118 Å². The van der Waals surface area contributed by atoms with E-state index in [4.69, 9.17) is 0 Å². The molecule has 0 saturated heterocycles. The summed E-state index contributed by atoms with van der Waals surface area (Å²) in [6.07, 6.45) is 85.8. The third-order valence-electron chi connectivity index (χ3n) is 34.4. The number of unbranched alkanes of at least 4 members (excludes halogenated alkanes) is 3. The lowest BCUT2D eigenvalue weighted by Crippen LogP contribution is -2.24. The van der Waals surface area contributed by atoms with Crippen LogP contribution in [0.3, 0.4) is 0 Å². The van der Waals surface area contributed by atoms with Crippen molar-refractivity contribution >= 4 is 0 Å². The molecule has 0 spiro atoms. The van der Waals surface area contributed by atoms with Crippen molar-refractivity contribution in [1.82, 2.24) is 0 Å². The second-order valence-electron chi connectivity index (χ2n) is 44.0. The van der Waals surface area contributed by atoms with Crippen LogP contribution in [0.15, 0.2) is 121 Å². The Bertz CT molecular complexity index is 3350. The van der Waals surface area contributed by atoms with Gasteiger partial charge in [-0.2, -0.15) is 0 Å². The first-order valence-corrected chi connectivity index (χ1v) is 54.3. The molecule has 670 valence electrons. The quantitative estimate of drug-likeness (QED) is 0.0343. The third-order valence-corrected chi connectivity index (χ3v) is 34.4. The van der Waals surface area contributed by atoms with Crippen LogP contribution in [0.5, 0.6) is 0 Å². The van der Waals surface area contributed by atoms with Crippen molar-refractivity contribution in [2.75, 3.05) is 0 Å². The van der Waals surface area contributed by atoms with Crippen LogP contribution in [0.25, 0.3) is 0 Å². The summed E-state index contributed by atoms with van der Waals surface area (Å²) in [5.74, 6) is 19.6. The van der Waals surface area contributed by atoms with Gasteiger partial charge in [-0.05, 0) is 431 Å². The Morgan fingerprint density at radius 3 is 0.575 bits per heavy atom. The van der Waals surface area contributed by atoms with Crippen LogP contribution < -0.4 is 0 Å². The molecule has 0 nitrogen and oxygen atoms in total. The molecule has 10 saturated carbocycles. The SMILES string of the molecule is CCCC1CCC(c2ccc(CCC3CC(C)C3)cc2)CC1.CCCC1CCC(c2ccc(CCC3CC(CC)C3)cc2)CC1.CCCC1CCC(c2ccc(CCC3CC(CCC)C3)cc2)CC1.CCCCC1CC(CCc2ccc(C3CCC(CCC)CC3)cc2)C1.CCCCCC1CC(CCc2ccc(C3CCC(CCC)CC3)cc2)C1. The van der Waals surface area contributed by atoms with Crippen LogP contribution in [0.1, 0.15) is 508 Å². The predicted molar refractivity (Wildman–Crippen MR) is 527 cm³/mol. The molecule has 0 amide bonds. The lowest BCUT2D eigenvalue weighted by molar-refractivity contribution is 0.168. The van der Waals surface area contributed by atoms with Crippen molar-refractivity contribution in [3.05, 3.63) is 177 Å². The summed E-state index contributed by atoms with van der Waals surface area (Å²) in [5.41, 5.74) is 15.9. The molecule has 10 fully saturated rings. The normalized spacial score (nSPS) is 30.1. The first-order chi connectivity index (χ1) is 58.9. The maximum absolute atomic E-state index is 2.45. The summed E-state index contributed by atoms with van der Waals surface area (Å²) >= 11 is 0. The highest BCUT2D eigenvalue weighted by atomic mass is 14.4. The van der Waals surface area contributed by atoms with Crippen LogP contribution >= 0.6 is 0 Å². The topological polar surface area (TPSA) is 0 Å². The van der Waals surface area contributed by atoms with Gasteiger partial charge in [-0.3, -0.25) is 0 Å². The molecular weight excluding hydrogens is 1440 g/mol. The molecule has 0 heteroatoms. The highest BCUT2D eigenvalue weighted by Crippen LogP contribution is 2.47. The van der Waals surface area contributed by atoms with Gasteiger partial charge in [0.1, 0.15) is 0 Å². The molecule has 0 aromatic heterocycles. The van der Waals surface area contributed by atoms with Gasteiger partial charge in [0.2, 0.25) is 0 Å². The van der Waals surface area contributed by atoms with E-state index < -0.39 is 0 Å². The number of aryl methyl sites for hydroxylation is 5. The highest BCUT2D eigenvalue weighted by molar-refractivity contribution is 5.31. The van der Waals surface area contributed by atoms with Crippen LogP contribution in [0.4, 0.5) is 0 Å². The van der Waals surface area contributed by atoms with Crippen LogP contribution in [0, 0.1) is 88.8 Å². The van der Waals surface area contributed by atoms with Crippen molar-refractivity contribution in [3.63, 3.8) is 0 Å². The molecule has 5 aromatic carbocycles. The van der Waals surface area contributed by atoms with E-state index in [1.54, 1.807) is 55.6 Å². The third kappa shape index (κ3) is 33.1. The number of benzene rings is 5. The fourth-order valence-corrected chi connectivity index (χ4v) is 26.0. The van der Waals surface area contributed by atoms with E-state index in [0.29, 0.717) is 0 Å². The minimum Gasteiger partial charge on any atom is -0.0654 e. The zero-order chi connectivity index (χ0) is 83.9. The Morgan fingerprint density at radius 2 is 0.367 bits per heavy atom. The first kappa shape index (κ1) is 96.7. The van der Waals surface area contributed by atoms with Crippen LogP contribution in [-0.4, -0.2) is 0 Å². The van der Waals surface area contributed by atoms with Gasteiger partial charge >= 0.3 is 0 Å². The van der Waals surface area contributed by atoms with E-state index in [1.807, 2.05) is 0 Å². The Balaban J connectivity index is 0.000000147. The van der Waals surface area contributed by atoms with Gasteiger partial charge < -0.3 is 0 Å². The fraction of sp³-hybridized carbons (Fsp3) is 0.750. The molecule has 10 aliphatic carbocycles. The highest BCUT2D eigenvalue weighted by Gasteiger charge is 2.34. The summed E-state index contributed by atoms with van der Waals surface area (Å²) < 4.78 is 0. The summed E-state index contributed by atoms with van der Waals surface area (Å²) in [6, 6.07) is 48.7. The molecule has 5 aromatic rings. The maximum Gasteiger partial charge on any atom is -0.0162 e. The largest absolute Gasteiger partial charge is 0.0654 e. The van der Waals surface area contributed by atoms with Gasteiger partial charge in [-0.25, -0.2) is 0 Å². The maximum atomic E-state index is 2.45. The van der Waals surface area contributed by atoms with Crippen LogP contribution in [-0.2, 0) is 32.1 Å². The minimum absolute atomic E-state index is 0.840. The molecule has 0 bridgehead atoms. The molecule has 15 rings (SSSR count). The van der Waals surface area contributed by atoms with Crippen molar-refractivity contribution in [3.8, 4) is 0 Å². The number of rotatable bonds is 40. The second kappa shape index (κ2) is 54.3. The molecule has 120 heavy (non-hydrogen) atoms. The van der Waals surface area contributed by atoms with Gasteiger partial charge in [0, 0.05) is 0 Å². The van der Waals surface area contributed by atoms with Crippen LogP contribution in [0.2, 0.25) is 0 Å². The Morgan fingerprint density at radius 1 is 0.175 bits per heavy atom. The summed E-state index contributed by atoms with van der Waals surface area (Å²) in [5, 5.41) is 0. The summed E-state index contributed by atoms with van der Waals surface area (Å²) in [6.45, 7) is 23.3. The van der Waals surface area contributed by atoms with E-state index >= 15 is 0 Å². The Labute approximate surface area is 744 Å². The molecule has 0 atom stereocenters. The lowest BCUT2D eigenvalue weighted by atomic mass is 9.70. The minimum atomic E-state index is 0.840. The van der Waals surface area contributed by atoms with Gasteiger partial charge in [0.25, 0.3) is 0 Å². The average Bonchev–Trinajstić information content (AvgIpc) is 0.851. The van der Waals surface area contributed by atoms with E-state index in [9.17, 15) is 0 Å². The van der Waals surface area contributed by atoms with Gasteiger partial charge in [-0.15, -0.1) is 0 Å². The van der Waals surface area contributed by atoms with Gasteiger partial charge in [0.15, 0.2) is 0 Å². The fourth-order valence-electron chi connectivity index (χ4n) is 26.0. The first-order valence-electron chi connectivity index (χ1n) is 54.3. The van der Waals surface area contributed by atoms with Gasteiger partial charge in [-0.1, -0.05) is 319 Å². The monoisotopic (exact) mass is 1630 g/mol. The van der Waals surface area contributed by atoms with Crippen molar-refractivity contribution in [2.24, 2.45) is 88.8 Å². The zero-order valence-electron chi connectivity index (χ0n) is 80.5. The molecule has 0 heterocycles. The van der Waals surface area contributed by atoms with Crippen molar-refractivity contribution in [2.45, 2.75) is 484 Å². The number of hydrogen-bond donors (Lipinski definition) is 0. The summed E-state index contributed by atoms with van der Waals surface area (Å²) in [4.78, 5) is 0. The summed E-state index contributed by atoms with van der Waals surface area (Å²) in [7, 11) is 0. The predicted octanol–water partition coefficient (Wildman–Crippen LogP) is 37.6. The molecule has 0 N–H and O–H groups in total. The molecule has 0 aliphatic heterocycles. The Kier molecular flexibility index (Phi) is 43.8. The molecule has 0 unspecified atom stereocenters. The Hall–Kier alpha value is -3.90. The molecule has 0 radical (unpaired) electrons. The smallest absolute Gasteiger partial charge is 0.0162 e. The second-order valence-corrected chi connectivity index (χ2v) is 44.0. The molecule has 10 aliphatic rings. The van der Waals surface area contributed by atoms with E-state index in [1.165, 1.54) is 385 Å². The average molecular weight is 1630 g/mol.